The van der Waals surface area contributed by atoms with Crippen LogP contribution in [0.4, 0.5) is 0 Å². The van der Waals surface area contributed by atoms with Crippen molar-refractivity contribution in [1.82, 2.24) is 9.13 Å². The molecule has 9 rings (SSSR count). The Hall–Kier alpha value is -6.88. The lowest BCUT2D eigenvalue weighted by atomic mass is 9.91. The van der Waals surface area contributed by atoms with E-state index in [0.29, 0.717) is 16.8 Å². The number of para-hydroxylation sites is 5. The molecular weight excluding hydrogens is 585 g/mol. The minimum Gasteiger partial charge on any atom is -0.309 e. The molecule has 4 nitrogen and oxygen atoms in total. The molecular formula is C44H26N4. The topological polar surface area (TPSA) is 57.4 Å². The van der Waals surface area contributed by atoms with Gasteiger partial charge in [-0.05, 0) is 59.2 Å². The molecule has 0 aliphatic heterocycles. The normalized spacial score (nSPS) is 11.3. The van der Waals surface area contributed by atoms with Crippen molar-refractivity contribution in [3.8, 4) is 45.8 Å². The number of nitrogens with zero attached hydrogens (tertiary/aromatic N) is 4. The first-order valence-electron chi connectivity index (χ1n) is 15.9. The Morgan fingerprint density at radius 2 is 0.750 bits per heavy atom. The third-order valence-corrected chi connectivity index (χ3v) is 9.41. The van der Waals surface area contributed by atoms with Crippen molar-refractivity contribution in [3.63, 3.8) is 0 Å². The molecule has 0 spiro atoms. The molecule has 0 amide bonds. The van der Waals surface area contributed by atoms with Gasteiger partial charge in [0.1, 0.15) is 12.1 Å². The molecule has 0 aliphatic carbocycles. The molecule has 48 heavy (non-hydrogen) atoms. The standard InChI is InChI=1S/C44H26N4/c45-27-30-25-29(26-31(28-46)44(30)48-42-23-11-6-18-37(42)38-19-7-12-24-43(38)48)32-13-1-2-14-33(32)34-15-3-8-20-39(34)47-40-21-9-4-16-35(40)36-17-5-10-22-41(36)47/h1-26H. The molecule has 0 bridgehead atoms. The maximum Gasteiger partial charge on any atom is 0.101 e. The third kappa shape index (κ3) is 4.01. The van der Waals surface area contributed by atoms with Crippen LogP contribution in [-0.4, -0.2) is 9.13 Å². The second kappa shape index (κ2) is 10.9. The quantitative estimate of drug-likeness (QED) is 0.199. The highest BCUT2D eigenvalue weighted by Gasteiger charge is 2.21. The predicted molar refractivity (Wildman–Crippen MR) is 195 cm³/mol. The zero-order valence-electron chi connectivity index (χ0n) is 25.8. The van der Waals surface area contributed by atoms with Crippen LogP contribution in [0, 0.1) is 22.7 Å². The van der Waals surface area contributed by atoms with Crippen molar-refractivity contribution in [2.75, 3.05) is 0 Å². The fourth-order valence-corrected chi connectivity index (χ4v) is 7.41. The maximum absolute atomic E-state index is 10.6. The van der Waals surface area contributed by atoms with Gasteiger partial charge in [-0.3, -0.25) is 0 Å². The summed E-state index contributed by atoms with van der Waals surface area (Å²) in [7, 11) is 0. The lowest BCUT2D eigenvalue weighted by Crippen LogP contribution is -2.02. The van der Waals surface area contributed by atoms with Crippen LogP contribution in [0.2, 0.25) is 0 Å². The van der Waals surface area contributed by atoms with Gasteiger partial charge in [-0.25, -0.2) is 0 Å². The summed E-state index contributed by atoms with van der Waals surface area (Å²) in [5, 5.41) is 25.8. The van der Waals surface area contributed by atoms with Crippen LogP contribution < -0.4 is 0 Å². The molecule has 222 valence electrons. The molecule has 4 heteroatoms. The highest BCUT2D eigenvalue weighted by Crippen LogP contribution is 2.41. The monoisotopic (exact) mass is 610 g/mol. The van der Waals surface area contributed by atoms with E-state index in [1.807, 2.05) is 60.7 Å². The average Bonchev–Trinajstić information content (AvgIpc) is 3.67. The Kier molecular flexibility index (Phi) is 6.22. The molecule has 0 N–H and O–H groups in total. The lowest BCUT2D eigenvalue weighted by molar-refractivity contribution is 1.15. The van der Waals surface area contributed by atoms with Gasteiger partial charge in [-0.2, -0.15) is 10.5 Å². The smallest absolute Gasteiger partial charge is 0.101 e. The summed E-state index contributed by atoms with van der Waals surface area (Å²) in [6.45, 7) is 0. The van der Waals surface area contributed by atoms with Crippen LogP contribution >= 0.6 is 0 Å². The summed E-state index contributed by atoms with van der Waals surface area (Å²) in [6, 6.07) is 58.8. The van der Waals surface area contributed by atoms with Gasteiger partial charge in [0.15, 0.2) is 0 Å². The minimum absolute atomic E-state index is 0.445. The van der Waals surface area contributed by atoms with Crippen LogP contribution in [0.25, 0.3) is 77.2 Å². The van der Waals surface area contributed by atoms with E-state index in [0.717, 1.165) is 60.8 Å². The van der Waals surface area contributed by atoms with Crippen LogP contribution in [0.15, 0.2) is 158 Å². The Morgan fingerprint density at radius 1 is 0.375 bits per heavy atom. The molecule has 0 fully saturated rings. The number of benzene rings is 7. The molecule has 0 unspecified atom stereocenters. The Bertz CT molecular complexity index is 2680. The van der Waals surface area contributed by atoms with E-state index < -0.39 is 0 Å². The molecule has 0 saturated heterocycles. The first kappa shape index (κ1) is 27.4. The number of rotatable bonds is 4. The van der Waals surface area contributed by atoms with E-state index in [2.05, 4.69) is 118 Å². The predicted octanol–water partition coefficient (Wildman–Crippen LogP) is 11.0. The second-order valence-corrected chi connectivity index (χ2v) is 11.9. The molecule has 2 heterocycles. The SMILES string of the molecule is N#Cc1cc(-c2ccccc2-c2ccccc2-n2c3ccccc3c3ccccc32)cc(C#N)c1-n1c2ccccc2c2ccccc21. The lowest BCUT2D eigenvalue weighted by Gasteiger charge is -2.18. The van der Waals surface area contributed by atoms with Crippen LogP contribution in [0.1, 0.15) is 11.1 Å². The van der Waals surface area contributed by atoms with Crippen LogP contribution in [0.3, 0.4) is 0 Å². The molecule has 0 saturated carbocycles. The van der Waals surface area contributed by atoms with Crippen LogP contribution in [-0.2, 0) is 0 Å². The zero-order chi connectivity index (χ0) is 32.2. The van der Waals surface area contributed by atoms with E-state index in [-0.39, 0.29) is 0 Å². The highest BCUT2D eigenvalue weighted by atomic mass is 15.0. The highest BCUT2D eigenvalue weighted by molar-refractivity contribution is 6.11. The van der Waals surface area contributed by atoms with Gasteiger partial charge >= 0.3 is 0 Å². The van der Waals surface area contributed by atoms with Crippen molar-refractivity contribution >= 4 is 43.6 Å². The van der Waals surface area contributed by atoms with Crippen molar-refractivity contribution in [1.29, 1.82) is 10.5 Å². The molecule has 2 aromatic heterocycles. The average molecular weight is 611 g/mol. The van der Waals surface area contributed by atoms with E-state index >= 15 is 0 Å². The zero-order valence-corrected chi connectivity index (χ0v) is 25.8. The number of hydrogen-bond donors (Lipinski definition) is 0. The first-order chi connectivity index (χ1) is 23.8. The fourth-order valence-electron chi connectivity index (χ4n) is 7.41. The van der Waals surface area contributed by atoms with E-state index in [9.17, 15) is 10.5 Å². The molecule has 0 aliphatic rings. The van der Waals surface area contributed by atoms with Gasteiger partial charge in [0.2, 0.25) is 0 Å². The summed E-state index contributed by atoms with van der Waals surface area (Å²) in [4.78, 5) is 0. The van der Waals surface area contributed by atoms with Gasteiger partial charge in [-0.1, -0.05) is 115 Å². The van der Waals surface area contributed by atoms with Crippen LogP contribution in [0.5, 0.6) is 0 Å². The number of hydrogen-bond acceptors (Lipinski definition) is 2. The number of fused-ring (bicyclic) bond motifs is 6. The molecule has 9 aromatic rings. The van der Waals surface area contributed by atoms with E-state index in [4.69, 9.17) is 0 Å². The van der Waals surface area contributed by atoms with Crippen molar-refractivity contribution < 1.29 is 0 Å². The Labute approximate surface area is 277 Å². The van der Waals surface area contributed by atoms with Gasteiger partial charge in [-0.15, -0.1) is 0 Å². The molecule has 0 radical (unpaired) electrons. The third-order valence-electron chi connectivity index (χ3n) is 9.41. The van der Waals surface area contributed by atoms with Gasteiger partial charge in [0, 0.05) is 27.1 Å². The van der Waals surface area contributed by atoms with Crippen molar-refractivity contribution in [2.45, 2.75) is 0 Å². The summed E-state index contributed by atoms with van der Waals surface area (Å²) < 4.78 is 4.40. The summed E-state index contributed by atoms with van der Waals surface area (Å²) in [6.07, 6.45) is 0. The Balaban J connectivity index is 1.29. The fraction of sp³-hybridized carbons (Fsp3) is 0. The first-order valence-corrected chi connectivity index (χ1v) is 15.9. The second-order valence-electron chi connectivity index (χ2n) is 11.9. The van der Waals surface area contributed by atoms with E-state index in [1.54, 1.807) is 0 Å². The van der Waals surface area contributed by atoms with E-state index in [1.165, 1.54) is 10.8 Å². The van der Waals surface area contributed by atoms with Gasteiger partial charge in [0.25, 0.3) is 0 Å². The van der Waals surface area contributed by atoms with Gasteiger partial charge in [0.05, 0.1) is 44.6 Å². The van der Waals surface area contributed by atoms with Crippen molar-refractivity contribution in [3.05, 3.63) is 169 Å². The number of nitriles is 2. The molecule has 7 aromatic carbocycles. The number of aromatic nitrogens is 2. The minimum atomic E-state index is 0.445. The summed E-state index contributed by atoms with van der Waals surface area (Å²) in [5.74, 6) is 0. The maximum atomic E-state index is 10.6. The summed E-state index contributed by atoms with van der Waals surface area (Å²) in [5.41, 5.74) is 10.6. The van der Waals surface area contributed by atoms with Crippen molar-refractivity contribution in [2.24, 2.45) is 0 Å². The van der Waals surface area contributed by atoms with Gasteiger partial charge < -0.3 is 9.13 Å². The largest absolute Gasteiger partial charge is 0.309 e. The Morgan fingerprint density at radius 3 is 1.23 bits per heavy atom. The molecule has 0 atom stereocenters. The summed E-state index contributed by atoms with van der Waals surface area (Å²) >= 11 is 0.